The average molecular weight is 262 g/mol. The number of hydrogen-bond acceptors (Lipinski definition) is 3. The van der Waals surface area contributed by atoms with Gasteiger partial charge in [-0.15, -0.1) is 0 Å². The third kappa shape index (κ3) is 2.59. The molecule has 1 amide bonds. The van der Waals surface area contributed by atoms with Crippen LogP contribution >= 0.6 is 0 Å². The zero-order valence-electron chi connectivity index (χ0n) is 11.7. The lowest BCUT2D eigenvalue weighted by molar-refractivity contribution is -0.129. The summed E-state index contributed by atoms with van der Waals surface area (Å²) in [4.78, 5) is 13.7. The molecule has 1 unspecified atom stereocenters. The summed E-state index contributed by atoms with van der Waals surface area (Å²) in [5, 5.41) is 0. The van der Waals surface area contributed by atoms with Gasteiger partial charge in [0, 0.05) is 37.5 Å². The van der Waals surface area contributed by atoms with Crippen molar-refractivity contribution in [3.8, 4) is 5.75 Å². The molecule has 19 heavy (non-hydrogen) atoms. The lowest BCUT2D eigenvalue weighted by Gasteiger charge is -2.33. The lowest BCUT2D eigenvalue weighted by atomic mass is 9.74. The van der Waals surface area contributed by atoms with Gasteiger partial charge in [-0.2, -0.15) is 0 Å². The monoisotopic (exact) mass is 262 g/mol. The van der Waals surface area contributed by atoms with Gasteiger partial charge in [0.15, 0.2) is 0 Å². The summed E-state index contributed by atoms with van der Waals surface area (Å²) in [6, 6.07) is 8.00. The zero-order valence-corrected chi connectivity index (χ0v) is 11.7. The van der Waals surface area contributed by atoms with Crippen LogP contribution in [0.2, 0.25) is 0 Å². The maximum absolute atomic E-state index is 11.9. The Balaban J connectivity index is 2.39. The van der Waals surface area contributed by atoms with E-state index in [1.807, 2.05) is 25.2 Å². The average Bonchev–Trinajstić information content (AvgIpc) is 2.61. The Kier molecular flexibility index (Phi) is 4.10. The van der Waals surface area contributed by atoms with Crippen LogP contribution in [0.3, 0.4) is 0 Å². The summed E-state index contributed by atoms with van der Waals surface area (Å²) >= 11 is 0. The van der Waals surface area contributed by atoms with E-state index in [2.05, 4.69) is 6.07 Å². The van der Waals surface area contributed by atoms with E-state index in [4.69, 9.17) is 10.5 Å². The quantitative estimate of drug-likeness (QED) is 0.899. The van der Waals surface area contributed by atoms with Gasteiger partial charge < -0.3 is 15.4 Å². The highest BCUT2D eigenvalue weighted by Gasteiger charge is 2.36. The summed E-state index contributed by atoms with van der Waals surface area (Å²) < 4.78 is 5.47. The molecule has 1 aromatic carbocycles. The van der Waals surface area contributed by atoms with E-state index in [0.717, 1.165) is 30.7 Å². The molecule has 0 bridgehead atoms. The first-order valence-electron chi connectivity index (χ1n) is 6.70. The highest BCUT2D eigenvalue weighted by Crippen LogP contribution is 2.39. The molecular formula is C15H22N2O2. The molecule has 4 nitrogen and oxygen atoms in total. The Morgan fingerprint density at radius 2 is 2.11 bits per heavy atom. The number of likely N-dealkylation sites (tertiary alicyclic amines) is 1. The Morgan fingerprint density at radius 1 is 1.37 bits per heavy atom. The predicted octanol–water partition coefficient (Wildman–Crippen LogP) is 1.53. The van der Waals surface area contributed by atoms with Crippen molar-refractivity contribution in [2.75, 3.05) is 27.2 Å². The van der Waals surface area contributed by atoms with E-state index in [1.54, 1.807) is 12.0 Å². The number of carbonyl (C=O) groups excluding carboxylic acids is 1. The summed E-state index contributed by atoms with van der Waals surface area (Å²) in [5.74, 6) is 1.06. The highest BCUT2D eigenvalue weighted by atomic mass is 16.5. The second-order valence-electron chi connectivity index (χ2n) is 5.25. The molecule has 4 heteroatoms. The molecule has 2 N–H and O–H groups in total. The van der Waals surface area contributed by atoms with Crippen LogP contribution in [0, 0.1) is 0 Å². The molecule has 1 fully saturated rings. The van der Waals surface area contributed by atoms with Crippen molar-refractivity contribution in [2.45, 2.75) is 24.7 Å². The van der Waals surface area contributed by atoms with Gasteiger partial charge in [0.25, 0.3) is 0 Å². The topological polar surface area (TPSA) is 55.6 Å². The van der Waals surface area contributed by atoms with E-state index >= 15 is 0 Å². The molecule has 1 aliphatic heterocycles. The second kappa shape index (κ2) is 5.61. The SMILES string of the molecule is COc1ccccc1C1(CN)CCC(=O)N(C)CC1. The summed E-state index contributed by atoms with van der Waals surface area (Å²) in [6.45, 7) is 1.28. The fourth-order valence-electron chi connectivity index (χ4n) is 2.83. The zero-order chi connectivity index (χ0) is 13.9. The Bertz CT molecular complexity index is 461. The van der Waals surface area contributed by atoms with E-state index in [-0.39, 0.29) is 11.3 Å². The van der Waals surface area contributed by atoms with E-state index in [1.165, 1.54) is 0 Å². The van der Waals surface area contributed by atoms with Crippen molar-refractivity contribution in [3.63, 3.8) is 0 Å². The second-order valence-corrected chi connectivity index (χ2v) is 5.25. The largest absolute Gasteiger partial charge is 0.496 e. The smallest absolute Gasteiger partial charge is 0.222 e. The van der Waals surface area contributed by atoms with Crippen molar-refractivity contribution in [2.24, 2.45) is 5.73 Å². The van der Waals surface area contributed by atoms with Crippen molar-refractivity contribution in [1.29, 1.82) is 0 Å². The molecule has 1 aromatic rings. The maximum Gasteiger partial charge on any atom is 0.222 e. The van der Waals surface area contributed by atoms with E-state index < -0.39 is 0 Å². The van der Waals surface area contributed by atoms with Crippen LogP contribution in [0.15, 0.2) is 24.3 Å². The van der Waals surface area contributed by atoms with E-state index in [9.17, 15) is 4.79 Å². The minimum atomic E-state index is -0.160. The number of methoxy groups -OCH3 is 1. The highest BCUT2D eigenvalue weighted by molar-refractivity contribution is 5.76. The van der Waals surface area contributed by atoms with Crippen molar-refractivity contribution >= 4 is 5.91 Å². The van der Waals surface area contributed by atoms with Crippen LogP contribution in [0.1, 0.15) is 24.8 Å². The van der Waals surface area contributed by atoms with Crippen molar-refractivity contribution in [3.05, 3.63) is 29.8 Å². The van der Waals surface area contributed by atoms with Crippen LogP contribution in [0.5, 0.6) is 5.75 Å². The molecule has 2 rings (SSSR count). The molecule has 0 aliphatic carbocycles. The number of nitrogens with zero attached hydrogens (tertiary/aromatic N) is 1. The van der Waals surface area contributed by atoms with Gasteiger partial charge in [-0.3, -0.25) is 4.79 Å². The number of hydrogen-bond donors (Lipinski definition) is 1. The van der Waals surface area contributed by atoms with Crippen LogP contribution in [-0.2, 0) is 10.2 Å². The van der Waals surface area contributed by atoms with Gasteiger partial charge in [0.2, 0.25) is 5.91 Å². The van der Waals surface area contributed by atoms with Crippen LogP contribution < -0.4 is 10.5 Å². The standard InChI is InChI=1S/C15H22N2O2/c1-17-10-9-15(11-16,8-7-14(17)18)12-5-3-4-6-13(12)19-2/h3-6H,7-11,16H2,1-2H3. The molecule has 1 atom stereocenters. The molecule has 1 heterocycles. The minimum absolute atomic E-state index is 0.160. The fourth-order valence-corrected chi connectivity index (χ4v) is 2.83. The van der Waals surface area contributed by atoms with Gasteiger partial charge in [-0.25, -0.2) is 0 Å². The van der Waals surface area contributed by atoms with Gasteiger partial charge >= 0.3 is 0 Å². The minimum Gasteiger partial charge on any atom is -0.496 e. The molecule has 1 saturated heterocycles. The number of nitrogens with two attached hydrogens (primary N) is 1. The third-order valence-corrected chi connectivity index (χ3v) is 4.24. The number of benzene rings is 1. The predicted molar refractivity (Wildman–Crippen MR) is 75.2 cm³/mol. The molecular weight excluding hydrogens is 240 g/mol. The summed E-state index contributed by atoms with van der Waals surface area (Å²) in [7, 11) is 3.54. The first-order valence-corrected chi connectivity index (χ1v) is 6.70. The van der Waals surface area contributed by atoms with Crippen molar-refractivity contribution < 1.29 is 9.53 Å². The first kappa shape index (κ1) is 13.9. The molecule has 0 radical (unpaired) electrons. The van der Waals surface area contributed by atoms with Crippen LogP contribution in [0.25, 0.3) is 0 Å². The number of rotatable bonds is 3. The van der Waals surface area contributed by atoms with Crippen LogP contribution in [0.4, 0.5) is 0 Å². The molecule has 0 aromatic heterocycles. The lowest BCUT2D eigenvalue weighted by Crippen LogP contribution is -2.36. The normalized spacial score (nSPS) is 24.2. The first-order chi connectivity index (χ1) is 9.13. The van der Waals surface area contributed by atoms with Crippen LogP contribution in [-0.4, -0.2) is 38.1 Å². The molecule has 1 aliphatic rings. The Labute approximate surface area is 114 Å². The van der Waals surface area contributed by atoms with Gasteiger partial charge in [-0.1, -0.05) is 18.2 Å². The molecule has 0 spiro atoms. The van der Waals surface area contributed by atoms with Gasteiger partial charge in [-0.05, 0) is 18.9 Å². The Morgan fingerprint density at radius 3 is 2.79 bits per heavy atom. The van der Waals surface area contributed by atoms with Gasteiger partial charge in [0.05, 0.1) is 7.11 Å². The number of carbonyl (C=O) groups is 1. The number of ether oxygens (including phenoxy) is 1. The van der Waals surface area contributed by atoms with E-state index in [0.29, 0.717) is 13.0 Å². The third-order valence-electron chi connectivity index (χ3n) is 4.24. The fraction of sp³-hybridized carbons (Fsp3) is 0.533. The van der Waals surface area contributed by atoms with Crippen molar-refractivity contribution in [1.82, 2.24) is 4.90 Å². The van der Waals surface area contributed by atoms with Gasteiger partial charge in [0.1, 0.15) is 5.75 Å². The maximum atomic E-state index is 11.9. The number of amides is 1. The summed E-state index contributed by atoms with van der Waals surface area (Å²) in [5.41, 5.74) is 7.04. The summed E-state index contributed by atoms with van der Waals surface area (Å²) in [6.07, 6.45) is 2.21. The number of para-hydroxylation sites is 1. The Hall–Kier alpha value is -1.55. The molecule has 104 valence electrons. The molecule has 0 saturated carbocycles.